The monoisotopic (exact) mass is 550 g/mol. The molecule has 2 aliphatic rings. The van der Waals surface area contributed by atoms with Crippen LogP contribution in [0.2, 0.25) is 0 Å². The smallest absolute Gasteiger partial charge is 0.251 e. The molecule has 2 fully saturated rings. The van der Waals surface area contributed by atoms with Crippen LogP contribution < -0.4 is 5.32 Å². The second-order valence-electron chi connectivity index (χ2n) is 7.19. The van der Waals surface area contributed by atoms with Crippen LogP contribution in [0.4, 0.5) is 4.39 Å². The van der Waals surface area contributed by atoms with Crippen molar-refractivity contribution in [2.75, 3.05) is 51.6 Å². The minimum absolute atomic E-state index is 0. The molecule has 9 heteroatoms. The Morgan fingerprint density at radius 3 is 2.67 bits per heavy atom. The standard InChI is InChI=1S/C21H31FN4O2S.HI/c1-2-23-21(24-9-15-29-16-17-6-3-4-7-18(17)22)26-12-10-25(11-13-26)20(27)19-8-5-14-28-19;/h3-4,6-7,19H,2,5,8-16H2,1H3,(H,23,24);1H. The van der Waals surface area contributed by atoms with Gasteiger partial charge in [0.1, 0.15) is 11.9 Å². The van der Waals surface area contributed by atoms with Crippen molar-refractivity contribution >= 4 is 47.6 Å². The fourth-order valence-electron chi connectivity index (χ4n) is 3.55. The number of ether oxygens (including phenoxy) is 1. The number of carbonyl (C=O) groups excluding carboxylic acids is 1. The highest BCUT2D eigenvalue weighted by molar-refractivity contribution is 14.0. The molecule has 1 aromatic carbocycles. The summed E-state index contributed by atoms with van der Waals surface area (Å²) in [5, 5.41) is 3.35. The number of aliphatic imine (C=N–C) groups is 1. The Balaban J connectivity index is 0.00000320. The molecule has 168 valence electrons. The van der Waals surface area contributed by atoms with Crippen molar-refractivity contribution in [3.05, 3.63) is 35.6 Å². The largest absolute Gasteiger partial charge is 0.368 e. The second kappa shape index (κ2) is 13.4. The minimum Gasteiger partial charge on any atom is -0.368 e. The van der Waals surface area contributed by atoms with Crippen molar-refractivity contribution < 1.29 is 13.9 Å². The number of nitrogens with zero attached hydrogens (tertiary/aromatic N) is 3. The van der Waals surface area contributed by atoms with Gasteiger partial charge in [0.2, 0.25) is 0 Å². The highest BCUT2D eigenvalue weighted by Crippen LogP contribution is 2.17. The number of halogens is 2. The zero-order valence-electron chi connectivity index (χ0n) is 17.5. The van der Waals surface area contributed by atoms with Crippen molar-refractivity contribution in [2.45, 2.75) is 31.6 Å². The van der Waals surface area contributed by atoms with Gasteiger partial charge in [-0.2, -0.15) is 11.8 Å². The molecule has 1 atom stereocenters. The Bertz CT molecular complexity index is 695. The third-order valence-corrected chi connectivity index (χ3v) is 6.13. The first-order valence-corrected chi connectivity index (χ1v) is 11.6. The van der Waals surface area contributed by atoms with E-state index in [-0.39, 0.29) is 41.8 Å². The molecular formula is C21H32FIN4O2S. The zero-order valence-corrected chi connectivity index (χ0v) is 20.7. The molecule has 0 aliphatic carbocycles. The summed E-state index contributed by atoms with van der Waals surface area (Å²) in [5.74, 6) is 2.37. The second-order valence-corrected chi connectivity index (χ2v) is 8.30. The fourth-order valence-corrected chi connectivity index (χ4v) is 4.37. The quantitative estimate of drug-likeness (QED) is 0.245. The first-order chi connectivity index (χ1) is 14.2. The summed E-state index contributed by atoms with van der Waals surface area (Å²) in [6.45, 7) is 7.17. The average Bonchev–Trinajstić information content (AvgIpc) is 3.28. The van der Waals surface area contributed by atoms with Gasteiger partial charge >= 0.3 is 0 Å². The maximum absolute atomic E-state index is 13.7. The van der Waals surface area contributed by atoms with E-state index in [2.05, 4.69) is 17.1 Å². The fraction of sp³-hybridized carbons (Fsp3) is 0.619. The molecule has 1 N–H and O–H groups in total. The highest BCUT2D eigenvalue weighted by atomic mass is 127. The first kappa shape index (κ1) is 25.2. The predicted molar refractivity (Wildman–Crippen MR) is 131 cm³/mol. The molecule has 0 saturated carbocycles. The lowest BCUT2D eigenvalue weighted by Crippen LogP contribution is -2.55. The third-order valence-electron chi connectivity index (χ3n) is 5.14. The van der Waals surface area contributed by atoms with Crippen LogP contribution in [0.3, 0.4) is 0 Å². The van der Waals surface area contributed by atoms with E-state index in [1.165, 1.54) is 6.07 Å². The Morgan fingerprint density at radius 1 is 1.27 bits per heavy atom. The molecule has 1 amide bonds. The Hall–Kier alpha value is -1.07. The van der Waals surface area contributed by atoms with Crippen LogP contribution in [0, 0.1) is 5.82 Å². The molecular weight excluding hydrogens is 518 g/mol. The van der Waals surface area contributed by atoms with E-state index in [1.807, 2.05) is 17.0 Å². The number of amides is 1. The molecule has 0 spiro atoms. The normalized spacial score (nSPS) is 19.5. The van der Waals surface area contributed by atoms with Crippen LogP contribution in [0.15, 0.2) is 29.3 Å². The van der Waals surface area contributed by atoms with E-state index < -0.39 is 0 Å². The molecule has 6 nitrogen and oxygen atoms in total. The van der Waals surface area contributed by atoms with Gasteiger partial charge in [-0.05, 0) is 31.4 Å². The summed E-state index contributed by atoms with van der Waals surface area (Å²) < 4.78 is 19.2. The summed E-state index contributed by atoms with van der Waals surface area (Å²) in [6, 6.07) is 6.90. The third kappa shape index (κ3) is 7.26. The number of guanidine groups is 1. The lowest BCUT2D eigenvalue weighted by Gasteiger charge is -2.37. The summed E-state index contributed by atoms with van der Waals surface area (Å²) in [5.41, 5.74) is 0.736. The Kier molecular flexibility index (Phi) is 11.2. The van der Waals surface area contributed by atoms with Gasteiger partial charge in [-0.25, -0.2) is 4.39 Å². The van der Waals surface area contributed by atoms with E-state index >= 15 is 0 Å². The number of hydrogen-bond acceptors (Lipinski definition) is 4. The molecule has 0 radical (unpaired) electrons. The maximum atomic E-state index is 13.7. The number of hydrogen-bond donors (Lipinski definition) is 1. The maximum Gasteiger partial charge on any atom is 0.251 e. The Labute approximate surface area is 200 Å². The number of benzene rings is 1. The average molecular weight is 550 g/mol. The van der Waals surface area contributed by atoms with E-state index in [1.54, 1.807) is 17.8 Å². The lowest BCUT2D eigenvalue weighted by molar-refractivity contribution is -0.142. The van der Waals surface area contributed by atoms with Crippen LogP contribution in [-0.4, -0.2) is 79.4 Å². The molecule has 0 aromatic heterocycles. The summed E-state index contributed by atoms with van der Waals surface area (Å²) >= 11 is 1.69. The van der Waals surface area contributed by atoms with Gasteiger partial charge in [-0.1, -0.05) is 18.2 Å². The van der Waals surface area contributed by atoms with Gasteiger partial charge < -0.3 is 19.9 Å². The molecule has 0 bridgehead atoms. The van der Waals surface area contributed by atoms with Crippen LogP contribution in [-0.2, 0) is 15.3 Å². The minimum atomic E-state index is -0.241. The van der Waals surface area contributed by atoms with E-state index in [4.69, 9.17) is 9.73 Å². The van der Waals surface area contributed by atoms with Crippen LogP contribution >= 0.6 is 35.7 Å². The zero-order chi connectivity index (χ0) is 20.5. The van der Waals surface area contributed by atoms with Crippen molar-refractivity contribution in [1.82, 2.24) is 15.1 Å². The van der Waals surface area contributed by atoms with Gasteiger partial charge in [-0.3, -0.25) is 9.79 Å². The van der Waals surface area contributed by atoms with Crippen molar-refractivity contribution in [1.29, 1.82) is 0 Å². The number of rotatable bonds is 7. The number of nitrogens with one attached hydrogen (secondary N) is 1. The molecule has 30 heavy (non-hydrogen) atoms. The van der Waals surface area contributed by atoms with Crippen molar-refractivity contribution in [2.24, 2.45) is 4.99 Å². The van der Waals surface area contributed by atoms with E-state index in [0.717, 1.165) is 49.8 Å². The van der Waals surface area contributed by atoms with Crippen LogP contribution in [0.1, 0.15) is 25.3 Å². The number of carbonyl (C=O) groups is 1. The summed E-state index contributed by atoms with van der Waals surface area (Å²) in [6.07, 6.45) is 1.57. The van der Waals surface area contributed by atoms with E-state index in [9.17, 15) is 9.18 Å². The molecule has 1 aromatic rings. The highest BCUT2D eigenvalue weighted by Gasteiger charge is 2.30. The first-order valence-electron chi connectivity index (χ1n) is 10.4. The predicted octanol–water partition coefficient (Wildman–Crippen LogP) is 2.97. The summed E-state index contributed by atoms with van der Waals surface area (Å²) in [4.78, 5) is 21.4. The van der Waals surface area contributed by atoms with Crippen LogP contribution in [0.25, 0.3) is 0 Å². The SMILES string of the molecule is CCNC(=NCCSCc1ccccc1F)N1CCN(C(=O)C2CCCO2)CC1.I. The van der Waals surface area contributed by atoms with Crippen LogP contribution in [0.5, 0.6) is 0 Å². The summed E-state index contributed by atoms with van der Waals surface area (Å²) in [7, 11) is 0. The van der Waals surface area contributed by atoms with Crippen molar-refractivity contribution in [3.8, 4) is 0 Å². The van der Waals surface area contributed by atoms with Gasteiger partial charge in [0.15, 0.2) is 5.96 Å². The number of thioether (sulfide) groups is 1. The molecule has 2 heterocycles. The van der Waals surface area contributed by atoms with Gasteiger partial charge in [-0.15, -0.1) is 24.0 Å². The van der Waals surface area contributed by atoms with Crippen molar-refractivity contribution in [3.63, 3.8) is 0 Å². The Morgan fingerprint density at radius 2 is 2.00 bits per heavy atom. The molecule has 1 unspecified atom stereocenters. The van der Waals surface area contributed by atoms with Gasteiger partial charge in [0.05, 0.1) is 6.54 Å². The van der Waals surface area contributed by atoms with E-state index in [0.29, 0.717) is 32.0 Å². The molecule has 2 saturated heterocycles. The number of piperazine rings is 1. The topological polar surface area (TPSA) is 57.2 Å². The molecule has 3 rings (SSSR count). The van der Waals surface area contributed by atoms with Gasteiger partial charge in [0.25, 0.3) is 5.91 Å². The lowest BCUT2D eigenvalue weighted by atomic mass is 10.2. The molecule has 2 aliphatic heterocycles. The van der Waals surface area contributed by atoms with Gasteiger partial charge in [0, 0.05) is 50.8 Å².